The van der Waals surface area contributed by atoms with E-state index in [-0.39, 0.29) is 11.3 Å². The van der Waals surface area contributed by atoms with Crippen molar-refractivity contribution in [2.75, 3.05) is 33.4 Å². The van der Waals surface area contributed by atoms with Crippen LogP contribution in [0, 0.1) is 0 Å². The molecule has 1 aliphatic carbocycles. The van der Waals surface area contributed by atoms with Gasteiger partial charge in [-0.25, -0.2) is 0 Å². The van der Waals surface area contributed by atoms with Crippen molar-refractivity contribution in [2.24, 2.45) is 5.73 Å². The number of ether oxygens (including phenoxy) is 1. The number of carbonyl (C=O) groups is 1. The second kappa shape index (κ2) is 6.86. The summed E-state index contributed by atoms with van der Waals surface area (Å²) in [6, 6.07) is 10.1. The van der Waals surface area contributed by atoms with Gasteiger partial charge in [-0.05, 0) is 31.4 Å². The molecule has 0 atom stereocenters. The number of carbonyl (C=O) groups excluding carboxylic acids is 1. The first kappa shape index (κ1) is 15.0. The molecule has 0 bridgehead atoms. The van der Waals surface area contributed by atoms with E-state index in [2.05, 4.69) is 12.1 Å². The predicted molar refractivity (Wildman–Crippen MR) is 79.5 cm³/mol. The highest BCUT2D eigenvalue weighted by atomic mass is 16.5. The summed E-state index contributed by atoms with van der Waals surface area (Å²) in [6.07, 6.45) is 2.73. The monoisotopic (exact) mass is 276 g/mol. The van der Waals surface area contributed by atoms with E-state index in [0.717, 1.165) is 24.8 Å². The molecule has 0 unspecified atom stereocenters. The van der Waals surface area contributed by atoms with Gasteiger partial charge in [-0.1, -0.05) is 30.3 Å². The molecule has 0 spiro atoms. The van der Waals surface area contributed by atoms with Gasteiger partial charge in [0.1, 0.15) is 0 Å². The Morgan fingerprint density at radius 1 is 1.30 bits per heavy atom. The molecule has 110 valence electrons. The third-order valence-electron chi connectivity index (χ3n) is 3.97. The quantitative estimate of drug-likeness (QED) is 0.783. The number of benzene rings is 1. The van der Waals surface area contributed by atoms with Gasteiger partial charge in [0, 0.05) is 20.2 Å². The number of hydrogen-bond donors (Lipinski definition) is 1. The zero-order valence-corrected chi connectivity index (χ0v) is 12.2. The van der Waals surface area contributed by atoms with Gasteiger partial charge < -0.3 is 15.4 Å². The first-order valence-electron chi connectivity index (χ1n) is 7.28. The Morgan fingerprint density at radius 3 is 2.55 bits per heavy atom. The Kier molecular flexibility index (Phi) is 5.15. The van der Waals surface area contributed by atoms with Gasteiger partial charge in [-0.2, -0.15) is 0 Å². The summed E-state index contributed by atoms with van der Waals surface area (Å²) in [6.45, 7) is 2.54. The number of nitrogens with zero attached hydrogens (tertiary/aromatic N) is 1. The number of hydrogen-bond acceptors (Lipinski definition) is 3. The molecule has 1 amide bonds. The molecule has 2 rings (SSSR count). The van der Waals surface area contributed by atoms with Gasteiger partial charge in [-0.15, -0.1) is 0 Å². The molecule has 0 aliphatic heterocycles. The van der Waals surface area contributed by atoms with Crippen LogP contribution in [0.5, 0.6) is 0 Å². The molecule has 1 aromatic carbocycles. The summed E-state index contributed by atoms with van der Waals surface area (Å²) in [5.74, 6) is 0.231. The Labute approximate surface area is 120 Å². The van der Waals surface area contributed by atoms with Crippen molar-refractivity contribution in [2.45, 2.75) is 24.7 Å². The van der Waals surface area contributed by atoms with Crippen molar-refractivity contribution < 1.29 is 9.53 Å². The lowest BCUT2D eigenvalue weighted by Gasteiger charge is -2.27. The Hall–Kier alpha value is -1.39. The van der Waals surface area contributed by atoms with Crippen LogP contribution in [0.4, 0.5) is 0 Å². The van der Waals surface area contributed by atoms with Gasteiger partial charge >= 0.3 is 0 Å². The van der Waals surface area contributed by atoms with Crippen molar-refractivity contribution in [3.05, 3.63) is 35.9 Å². The van der Waals surface area contributed by atoms with E-state index in [1.165, 1.54) is 0 Å². The van der Waals surface area contributed by atoms with Crippen molar-refractivity contribution in [1.82, 2.24) is 4.90 Å². The van der Waals surface area contributed by atoms with Crippen LogP contribution in [-0.4, -0.2) is 44.2 Å². The highest BCUT2D eigenvalue weighted by Gasteiger charge is 2.52. The van der Waals surface area contributed by atoms with Crippen LogP contribution in [0.15, 0.2) is 30.3 Å². The van der Waals surface area contributed by atoms with E-state index in [1.54, 1.807) is 7.11 Å². The molecule has 0 heterocycles. The molecule has 1 aliphatic rings. The number of rotatable bonds is 8. The average Bonchev–Trinajstić information content (AvgIpc) is 3.29. The minimum Gasteiger partial charge on any atom is -0.383 e. The molecular weight excluding hydrogens is 252 g/mol. The maximum absolute atomic E-state index is 12.9. The summed E-state index contributed by atoms with van der Waals surface area (Å²) in [7, 11) is 1.66. The van der Waals surface area contributed by atoms with Crippen molar-refractivity contribution >= 4 is 5.91 Å². The van der Waals surface area contributed by atoms with Crippen molar-refractivity contribution in [1.29, 1.82) is 0 Å². The van der Waals surface area contributed by atoms with E-state index in [9.17, 15) is 4.79 Å². The largest absolute Gasteiger partial charge is 0.383 e. The van der Waals surface area contributed by atoms with Gasteiger partial charge in [-0.3, -0.25) is 4.79 Å². The molecule has 4 nitrogen and oxygen atoms in total. The van der Waals surface area contributed by atoms with Crippen LogP contribution in [0.3, 0.4) is 0 Å². The molecule has 2 N–H and O–H groups in total. The van der Waals surface area contributed by atoms with Crippen LogP contribution in [0.1, 0.15) is 24.8 Å². The predicted octanol–water partition coefficient (Wildman–Crippen LogP) is 1.54. The molecule has 20 heavy (non-hydrogen) atoms. The summed E-state index contributed by atoms with van der Waals surface area (Å²) in [5, 5.41) is 0. The normalized spacial score (nSPS) is 15.9. The van der Waals surface area contributed by atoms with E-state index >= 15 is 0 Å². The standard InChI is InChI=1S/C16H24N2O2/c1-20-13-12-18(11-5-10-17)15(19)16(8-9-16)14-6-3-2-4-7-14/h2-4,6-7H,5,8-13,17H2,1H3. The lowest BCUT2D eigenvalue weighted by atomic mass is 9.94. The smallest absolute Gasteiger partial charge is 0.233 e. The maximum Gasteiger partial charge on any atom is 0.233 e. The molecule has 0 radical (unpaired) electrons. The highest BCUT2D eigenvalue weighted by Crippen LogP contribution is 2.49. The minimum atomic E-state index is -0.288. The molecular formula is C16H24N2O2. The molecule has 1 saturated carbocycles. The zero-order valence-electron chi connectivity index (χ0n) is 12.2. The summed E-state index contributed by atoms with van der Waals surface area (Å²) in [4.78, 5) is 14.8. The molecule has 4 heteroatoms. The van der Waals surface area contributed by atoms with E-state index < -0.39 is 0 Å². The SMILES string of the molecule is COCCN(CCCN)C(=O)C1(c2ccccc2)CC1. The van der Waals surface area contributed by atoms with E-state index in [4.69, 9.17) is 10.5 Å². The van der Waals surface area contributed by atoms with Crippen LogP contribution < -0.4 is 5.73 Å². The average molecular weight is 276 g/mol. The van der Waals surface area contributed by atoms with Gasteiger partial charge in [0.15, 0.2) is 0 Å². The molecule has 1 aromatic rings. The Morgan fingerprint density at radius 2 is 2.00 bits per heavy atom. The van der Waals surface area contributed by atoms with Crippen LogP contribution in [0.25, 0.3) is 0 Å². The Bertz CT molecular complexity index is 421. The fourth-order valence-electron chi connectivity index (χ4n) is 2.61. The zero-order chi connectivity index (χ0) is 14.4. The summed E-state index contributed by atoms with van der Waals surface area (Å²) < 4.78 is 5.12. The molecule has 0 saturated heterocycles. The first-order valence-corrected chi connectivity index (χ1v) is 7.28. The van der Waals surface area contributed by atoms with E-state index in [0.29, 0.717) is 26.2 Å². The fraction of sp³-hybridized carbons (Fsp3) is 0.562. The van der Waals surface area contributed by atoms with Crippen LogP contribution in [-0.2, 0) is 14.9 Å². The topological polar surface area (TPSA) is 55.6 Å². The summed E-state index contributed by atoms with van der Waals surface area (Å²) >= 11 is 0. The Balaban J connectivity index is 2.10. The highest BCUT2D eigenvalue weighted by molar-refractivity contribution is 5.91. The minimum absolute atomic E-state index is 0.231. The third kappa shape index (κ3) is 3.19. The van der Waals surface area contributed by atoms with Gasteiger partial charge in [0.2, 0.25) is 5.91 Å². The lowest BCUT2D eigenvalue weighted by molar-refractivity contribution is -0.134. The second-order valence-electron chi connectivity index (χ2n) is 5.38. The lowest BCUT2D eigenvalue weighted by Crippen LogP contribution is -2.42. The number of nitrogens with two attached hydrogens (primary N) is 1. The number of methoxy groups -OCH3 is 1. The molecule has 0 aromatic heterocycles. The van der Waals surface area contributed by atoms with Crippen molar-refractivity contribution in [3.8, 4) is 0 Å². The van der Waals surface area contributed by atoms with Gasteiger partial charge in [0.05, 0.1) is 12.0 Å². The molecule has 1 fully saturated rings. The first-order chi connectivity index (χ1) is 9.74. The van der Waals surface area contributed by atoms with Gasteiger partial charge in [0.25, 0.3) is 0 Å². The third-order valence-corrected chi connectivity index (χ3v) is 3.97. The summed E-state index contributed by atoms with van der Waals surface area (Å²) in [5.41, 5.74) is 6.42. The van der Waals surface area contributed by atoms with Crippen LogP contribution in [0.2, 0.25) is 0 Å². The number of amides is 1. The van der Waals surface area contributed by atoms with Crippen molar-refractivity contribution in [3.63, 3.8) is 0 Å². The second-order valence-corrected chi connectivity index (χ2v) is 5.38. The fourth-order valence-corrected chi connectivity index (χ4v) is 2.61. The van der Waals surface area contributed by atoms with E-state index in [1.807, 2.05) is 23.1 Å². The van der Waals surface area contributed by atoms with Crippen LogP contribution >= 0.6 is 0 Å². The maximum atomic E-state index is 12.9.